The van der Waals surface area contributed by atoms with Gasteiger partial charge < -0.3 is 19.8 Å². The molecule has 1 aromatic carbocycles. The lowest BCUT2D eigenvalue weighted by molar-refractivity contribution is -0.147. The first kappa shape index (κ1) is 28.4. The summed E-state index contributed by atoms with van der Waals surface area (Å²) in [7, 11) is 0. The van der Waals surface area contributed by atoms with Gasteiger partial charge in [-0.2, -0.15) is 0 Å². The van der Waals surface area contributed by atoms with Crippen molar-refractivity contribution in [3.05, 3.63) is 61.2 Å². The van der Waals surface area contributed by atoms with Crippen molar-refractivity contribution in [2.24, 2.45) is 17.8 Å². The lowest BCUT2D eigenvalue weighted by atomic mass is 9.65. The Kier molecular flexibility index (Phi) is 8.43. The van der Waals surface area contributed by atoms with Crippen LogP contribution in [0.15, 0.2) is 55.6 Å². The SMILES string of the molecule is C=CCN(Cc1ccccc1)C(=O)[C@@H]1[C@@H]2CC(C)C3(S2)C(C(=O)N(CC=C)C(C)C)N([C@H](C)CO)C(=O)[C@H]13. The molecule has 3 amide bonds. The summed E-state index contributed by atoms with van der Waals surface area (Å²) in [6, 6.07) is 8.46. The second-order valence-corrected chi connectivity index (χ2v) is 12.7. The fraction of sp³-hybridized carbons (Fsp3) is 0.567. The lowest BCUT2D eigenvalue weighted by Crippen LogP contribution is -2.59. The molecule has 8 heteroatoms. The van der Waals surface area contributed by atoms with E-state index in [-0.39, 0.29) is 41.5 Å². The molecule has 3 fully saturated rings. The van der Waals surface area contributed by atoms with E-state index in [2.05, 4.69) is 20.1 Å². The molecule has 3 unspecified atom stereocenters. The summed E-state index contributed by atoms with van der Waals surface area (Å²) in [6.45, 7) is 16.4. The van der Waals surface area contributed by atoms with E-state index < -0.39 is 28.7 Å². The highest BCUT2D eigenvalue weighted by Crippen LogP contribution is 2.69. The lowest BCUT2D eigenvalue weighted by Gasteiger charge is -2.42. The van der Waals surface area contributed by atoms with E-state index in [0.717, 1.165) is 12.0 Å². The maximum Gasteiger partial charge on any atom is 0.247 e. The largest absolute Gasteiger partial charge is 0.394 e. The third kappa shape index (κ3) is 4.49. The molecule has 0 saturated carbocycles. The van der Waals surface area contributed by atoms with Crippen molar-refractivity contribution < 1.29 is 19.5 Å². The summed E-state index contributed by atoms with van der Waals surface area (Å²) < 4.78 is -0.719. The summed E-state index contributed by atoms with van der Waals surface area (Å²) >= 11 is 1.66. The van der Waals surface area contributed by atoms with Gasteiger partial charge in [-0.25, -0.2) is 0 Å². The van der Waals surface area contributed by atoms with Gasteiger partial charge in [0.2, 0.25) is 17.7 Å². The standard InChI is InChI=1S/C30H41N3O4S/c1-7-14-31(17-22-12-10-9-11-13-22)27(35)24-23-16-20(5)30(38-23)25(24)28(36)33(21(6)18-34)26(30)29(37)32(15-8-2)19(3)4/h7-13,19-21,23-26,34H,1-2,14-18H2,3-6H3/t20?,21-,23+,24-,25+,26?,30?/m1/s1. The minimum atomic E-state index is -0.741. The van der Waals surface area contributed by atoms with Gasteiger partial charge in [0.05, 0.1) is 29.2 Å². The number of amides is 3. The topological polar surface area (TPSA) is 81.2 Å². The average molecular weight is 540 g/mol. The Balaban J connectivity index is 1.76. The van der Waals surface area contributed by atoms with Crippen molar-refractivity contribution in [2.75, 3.05) is 19.7 Å². The van der Waals surface area contributed by atoms with E-state index in [1.807, 2.05) is 44.2 Å². The van der Waals surface area contributed by atoms with Crippen LogP contribution in [0.2, 0.25) is 0 Å². The minimum absolute atomic E-state index is 0.0386. The second kappa shape index (κ2) is 11.3. The second-order valence-electron chi connectivity index (χ2n) is 11.2. The van der Waals surface area contributed by atoms with E-state index in [4.69, 9.17) is 0 Å². The van der Waals surface area contributed by atoms with Gasteiger partial charge in [-0.05, 0) is 38.7 Å². The quantitative estimate of drug-likeness (QED) is 0.437. The summed E-state index contributed by atoms with van der Waals surface area (Å²) in [5.41, 5.74) is 1.01. The van der Waals surface area contributed by atoms with Crippen molar-refractivity contribution in [3.8, 4) is 0 Å². The molecule has 38 heavy (non-hydrogen) atoms. The molecule has 206 valence electrons. The van der Waals surface area contributed by atoms with Crippen LogP contribution in [0.4, 0.5) is 0 Å². The summed E-state index contributed by atoms with van der Waals surface area (Å²) in [6.07, 6.45) is 4.19. The predicted molar refractivity (Wildman–Crippen MR) is 151 cm³/mol. The Morgan fingerprint density at radius 1 is 1.16 bits per heavy atom. The van der Waals surface area contributed by atoms with Crippen LogP contribution in [0.1, 0.15) is 39.7 Å². The molecule has 1 N–H and O–H groups in total. The first-order valence-corrected chi connectivity index (χ1v) is 14.5. The molecule has 0 radical (unpaired) electrons. The van der Waals surface area contributed by atoms with Gasteiger partial charge in [-0.3, -0.25) is 14.4 Å². The van der Waals surface area contributed by atoms with Crippen molar-refractivity contribution in [3.63, 3.8) is 0 Å². The van der Waals surface area contributed by atoms with Crippen LogP contribution in [-0.2, 0) is 20.9 Å². The highest BCUT2D eigenvalue weighted by Gasteiger charge is 2.76. The van der Waals surface area contributed by atoms with Crippen LogP contribution >= 0.6 is 11.8 Å². The Bertz CT molecular complexity index is 1080. The number of rotatable bonds is 11. The number of hydrogen-bond acceptors (Lipinski definition) is 5. The number of likely N-dealkylation sites (tertiary alicyclic amines) is 1. The monoisotopic (exact) mass is 539 g/mol. The Morgan fingerprint density at radius 2 is 1.82 bits per heavy atom. The fourth-order valence-corrected chi connectivity index (χ4v) is 9.23. The number of benzene rings is 1. The third-order valence-electron chi connectivity index (χ3n) is 8.55. The maximum atomic E-state index is 14.3. The van der Waals surface area contributed by atoms with Crippen LogP contribution in [0.3, 0.4) is 0 Å². The van der Waals surface area contributed by atoms with E-state index in [9.17, 15) is 19.5 Å². The highest BCUT2D eigenvalue weighted by atomic mass is 32.2. The van der Waals surface area contributed by atoms with Gasteiger partial charge in [0.15, 0.2) is 0 Å². The van der Waals surface area contributed by atoms with Crippen LogP contribution < -0.4 is 0 Å². The molecule has 3 aliphatic heterocycles. The van der Waals surface area contributed by atoms with Crippen molar-refractivity contribution in [1.82, 2.24) is 14.7 Å². The molecule has 2 bridgehead atoms. The molecular weight excluding hydrogens is 498 g/mol. The van der Waals surface area contributed by atoms with Crippen molar-refractivity contribution in [2.45, 2.75) is 68.8 Å². The Morgan fingerprint density at radius 3 is 2.39 bits per heavy atom. The zero-order valence-electron chi connectivity index (χ0n) is 23.0. The summed E-state index contributed by atoms with van der Waals surface area (Å²) in [4.78, 5) is 47.9. The predicted octanol–water partition coefficient (Wildman–Crippen LogP) is 3.34. The molecule has 3 saturated heterocycles. The number of carbonyl (C=O) groups excluding carboxylic acids is 3. The summed E-state index contributed by atoms with van der Waals surface area (Å²) in [5.74, 6) is -1.44. The molecule has 1 spiro atoms. The fourth-order valence-electron chi connectivity index (χ4n) is 6.84. The van der Waals surface area contributed by atoms with Gasteiger partial charge in [0.1, 0.15) is 6.04 Å². The number of nitrogens with zero attached hydrogens (tertiary/aromatic N) is 3. The average Bonchev–Trinajstić information content (AvgIpc) is 3.49. The number of hydrogen-bond donors (Lipinski definition) is 1. The number of aliphatic hydroxyl groups excluding tert-OH is 1. The number of carbonyl (C=O) groups is 3. The number of thioether (sulfide) groups is 1. The zero-order valence-corrected chi connectivity index (χ0v) is 23.8. The van der Waals surface area contributed by atoms with Crippen molar-refractivity contribution in [1.29, 1.82) is 0 Å². The number of fused-ring (bicyclic) bond motifs is 1. The van der Waals surface area contributed by atoms with E-state index in [0.29, 0.717) is 19.6 Å². The molecule has 3 heterocycles. The molecule has 7 atom stereocenters. The van der Waals surface area contributed by atoms with Crippen LogP contribution in [0.25, 0.3) is 0 Å². The molecule has 0 aromatic heterocycles. The molecular formula is C30H41N3O4S. The Hall–Kier alpha value is -2.58. The van der Waals surface area contributed by atoms with Crippen molar-refractivity contribution >= 4 is 29.5 Å². The van der Waals surface area contributed by atoms with Crippen LogP contribution in [-0.4, -0.2) is 85.3 Å². The van der Waals surface area contributed by atoms with Gasteiger partial charge >= 0.3 is 0 Å². The molecule has 7 nitrogen and oxygen atoms in total. The maximum absolute atomic E-state index is 14.3. The number of aliphatic hydroxyl groups is 1. The van der Waals surface area contributed by atoms with E-state index in [1.165, 1.54) is 0 Å². The molecule has 4 rings (SSSR count). The molecule has 3 aliphatic rings. The molecule has 1 aromatic rings. The van der Waals surface area contributed by atoms with Crippen LogP contribution in [0, 0.1) is 17.8 Å². The first-order valence-electron chi connectivity index (χ1n) is 13.6. The highest BCUT2D eigenvalue weighted by molar-refractivity contribution is 8.02. The van der Waals surface area contributed by atoms with Gasteiger partial charge in [-0.15, -0.1) is 24.9 Å². The minimum Gasteiger partial charge on any atom is -0.394 e. The third-order valence-corrected chi connectivity index (χ3v) is 10.6. The van der Waals surface area contributed by atoms with Gasteiger partial charge in [-0.1, -0.05) is 49.4 Å². The summed E-state index contributed by atoms with van der Waals surface area (Å²) in [5, 5.41) is 10.1. The zero-order chi connectivity index (χ0) is 27.8. The smallest absolute Gasteiger partial charge is 0.247 e. The van der Waals surface area contributed by atoms with Gasteiger partial charge in [0, 0.05) is 30.9 Å². The van der Waals surface area contributed by atoms with E-state index >= 15 is 0 Å². The first-order chi connectivity index (χ1) is 18.1. The van der Waals surface area contributed by atoms with Gasteiger partial charge in [0.25, 0.3) is 0 Å². The van der Waals surface area contributed by atoms with Crippen LogP contribution in [0.5, 0.6) is 0 Å². The van der Waals surface area contributed by atoms with E-state index in [1.54, 1.807) is 45.5 Å². The Labute approximate surface area is 230 Å². The normalized spacial score (nSPS) is 30.3. The molecule has 0 aliphatic carbocycles.